The van der Waals surface area contributed by atoms with Crippen LogP contribution in [-0.2, 0) is 4.79 Å². The van der Waals surface area contributed by atoms with Crippen molar-refractivity contribution in [1.82, 2.24) is 5.32 Å². The third-order valence-electron chi connectivity index (χ3n) is 4.12. The smallest absolute Gasteiger partial charge is 0.262 e. The van der Waals surface area contributed by atoms with Gasteiger partial charge in [0.05, 0.1) is 13.7 Å². The van der Waals surface area contributed by atoms with Gasteiger partial charge in [-0.05, 0) is 31.9 Å². The summed E-state index contributed by atoms with van der Waals surface area (Å²) < 4.78 is 10.9. The van der Waals surface area contributed by atoms with Crippen LogP contribution in [0.4, 0.5) is 0 Å². The molecule has 1 aliphatic rings. The standard InChI is InChI=1S/C19H24N2O3/c1-3-24-18-14(8-7-11-17(18)23-2)12-15(13-20)19(22)21-16-9-5-4-6-10-16/h7-8,11-12,16H,3-6,9-10H2,1-2H3,(H,21,22)/b15-12-. The van der Waals surface area contributed by atoms with E-state index in [1.807, 2.05) is 13.0 Å². The zero-order valence-electron chi connectivity index (χ0n) is 14.3. The molecule has 1 aromatic carbocycles. The number of carbonyl (C=O) groups excluding carboxylic acids is 1. The number of para-hydroxylation sites is 1. The first kappa shape index (κ1) is 17.9. The fourth-order valence-electron chi connectivity index (χ4n) is 2.92. The summed E-state index contributed by atoms with van der Waals surface area (Å²) in [5, 5.41) is 12.4. The lowest BCUT2D eigenvalue weighted by Gasteiger charge is -2.22. The van der Waals surface area contributed by atoms with E-state index in [0.29, 0.717) is 23.7 Å². The molecule has 1 N–H and O–H groups in total. The Balaban J connectivity index is 2.23. The number of nitrogens with one attached hydrogen (secondary N) is 1. The molecule has 0 heterocycles. The van der Waals surface area contributed by atoms with Crippen LogP contribution in [0.1, 0.15) is 44.6 Å². The highest BCUT2D eigenvalue weighted by atomic mass is 16.5. The molecule has 24 heavy (non-hydrogen) atoms. The van der Waals surface area contributed by atoms with Gasteiger partial charge in [-0.15, -0.1) is 0 Å². The summed E-state index contributed by atoms with van der Waals surface area (Å²) in [5.74, 6) is 0.797. The number of rotatable bonds is 6. The normalized spacial score (nSPS) is 15.5. The number of methoxy groups -OCH3 is 1. The molecule has 1 aliphatic carbocycles. The largest absolute Gasteiger partial charge is 0.493 e. The van der Waals surface area contributed by atoms with Gasteiger partial charge in [0.2, 0.25) is 0 Å². The van der Waals surface area contributed by atoms with Crippen molar-refractivity contribution in [2.45, 2.75) is 45.1 Å². The van der Waals surface area contributed by atoms with E-state index >= 15 is 0 Å². The summed E-state index contributed by atoms with van der Waals surface area (Å²) in [4.78, 5) is 12.4. The van der Waals surface area contributed by atoms with Crippen LogP contribution in [0.15, 0.2) is 23.8 Å². The predicted molar refractivity (Wildman–Crippen MR) is 92.8 cm³/mol. The van der Waals surface area contributed by atoms with Gasteiger partial charge in [-0.25, -0.2) is 0 Å². The number of hydrogen-bond acceptors (Lipinski definition) is 4. The monoisotopic (exact) mass is 328 g/mol. The Hall–Kier alpha value is -2.48. The third kappa shape index (κ3) is 4.51. The maximum Gasteiger partial charge on any atom is 0.262 e. The third-order valence-corrected chi connectivity index (χ3v) is 4.12. The number of hydrogen-bond donors (Lipinski definition) is 1. The summed E-state index contributed by atoms with van der Waals surface area (Å²) in [6.45, 7) is 2.35. The van der Waals surface area contributed by atoms with Crippen molar-refractivity contribution in [3.05, 3.63) is 29.3 Å². The summed E-state index contributed by atoms with van der Waals surface area (Å²) in [7, 11) is 1.56. The Morgan fingerprint density at radius 3 is 2.75 bits per heavy atom. The van der Waals surface area contributed by atoms with Gasteiger partial charge in [0.1, 0.15) is 11.6 Å². The van der Waals surface area contributed by atoms with Gasteiger partial charge in [0, 0.05) is 11.6 Å². The number of ether oxygens (including phenoxy) is 2. The summed E-state index contributed by atoms with van der Waals surface area (Å²) in [6.07, 6.45) is 6.99. The lowest BCUT2D eigenvalue weighted by Crippen LogP contribution is -2.36. The molecule has 1 fully saturated rings. The molecule has 0 atom stereocenters. The van der Waals surface area contributed by atoms with Crippen LogP contribution < -0.4 is 14.8 Å². The maximum absolute atomic E-state index is 12.4. The molecular formula is C19H24N2O3. The second-order valence-corrected chi connectivity index (χ2v) is 5.79. The topological polar surface area (TPSA) is 71.3 Å². The van der Waals surface area contributed by atoms with Crippen LogP contribution in [0.25, 0.3) is 6.08 Å². The molecule has 1 amide bonds. The van der Waals surface area contributed by atoms with Gasteiger partial charge in [0.25, 0.3) is 5.91 Å². The van der Waals surface area contributed by atoms with E-state index in [9.17, 15) is 10.1 Å². The first-order valence-corrected chi connectivity index (χ1v) is 8.42. The van der Waals surface area contributed by atoms with Crippen LogP contribution in [0.5, 0.6) is 11.5 Å². The Morgan fingerprint density at radius 2 is 2.12 bits per heavy atom. The van der Waals surface area contributed by atoms with Gasteiger partial charge in [0.15, 0.2) is 11.5 Å². The van der Waals surface area contributed by atoms with Crippen molar-refractivity contribution in [2.75, 3.05) is 13.7 Å². The van der Waals surface area contributed by atoms with E-state index in [-0.39, 0.29) is 17.5 Å². The minimum atomic E-state index is -0.324. The van der Waals surface area contributed by atoms with Crippen molar-refractivity contribution >= 4 is 12.0 Å². The van der Waals surface area contributed by atoms with E-state index in [1.165, 1.54) is 6.42 Å². The van der Waals surface area contributed by atoms with Crippen molar-refractivity contribution in [3.63, 3.8) is 0 Å². The molecule has 5 heteroatoms. The highest BCUT2D eigenvalue weighted by molar-refractivity contribution is 6.02. The molecule has 0 spiro atoms. The predicted octanol–water partition coefficient (Wildman–Crippen LogP) is 3.45. The average Bonchev–Trinajstić information content (AvgIpc) is 2.61. The second kappa shape index (κ2) is 8.97. The van der Waals surface area contributed by atoms with Crippen molar-refractivity contribution < 1.29 is 14.3 Å². The van der Waals surface area contributed by atoms with Gasteiger partial charge in [-0.2, -0.15) is 5.26 Å². The molecule has 0 bridgehead atoms. The molecule has 0 radical (unpaired) electrons. The zero-order chi connectivity index (χ0) is 17.4. The Morgan fingerprint density at radius 1 is 1.38 bits per heavy atom. The molecule has 1 aromatic rings. The number of amides is 1. The molecule has 0 saturated heterocycles. The van der Waals surface area contributed by atoms with Crippen molar-refractivity contribution in [1.29, 1.82) is 5.26 Å². The number of nitrogens with zero attached hydrogens (tertiary/aromatic N) is 1. The SMILES string of the molecule is CCOc1c(/C=C(/C#N)C(=O)NC2CCCCC2)cccc1OC. The summed E-state index contributed by atoms with van der Waals surface area (Å²) in [6, 6.07) is 7.57. The first-order valence-electron chi connectivity index (χ1n) is 8.42. The van der Waals surface area contributed by atoms with E-state index in [2.05, 4.69) is 5.32 Å². The molecular weight excluding hydrogens is 304 g/mol. The second-order valence-electron chi connectivity index (χ2n) is 5.79. The maximum atomic E-state index is 12.4. The van der Waals surface area contributed by atoms with Crippen LogP contribution in [0.2, 0.25) is 0 Å². The highest BCUT2D eigenvalue weighted by Gasteiger charge is 2.19. The van der Waals surface area contributed by atoms with Crippen LogP contribution in [-0.4, -0.2) is 25.7 Å². The molecule has 0 aliphatic heterocycles. The molecule has 0 unspecified atom stereocenters. The number of nitriles is 1. The van der Waals surface area contributed by atoms with E-state index in [4.69, 9.17) is 9.47 Å². The molecule has 1 saturated carbocycles. The van der Waals surface area contributed by atoms with Crippen molar-refractivity contribution in [3.8, 4) is 17.6 Å². The van der Waals surface area contributed by atoms with Gasteiger partial charge in [-0.3, -0.25) is 4.79 Å². The Kier molecular flexibility index (Phi) is 6.68. The quantitative estimate of drug-likeness (QED) is 0.641. The lowest BCUT2D eigenvalue weighted by molar-refractivity contribution is -0.117. The minimum absolute atomic E-state index is 0.0785. The average molecular weight is 328 g/mol. The Bertz CT molecular complexity index is 641. The lowest BCUT2D eigenvalue weighted by atomic mass is 9.95. The van der Waals surface area contributed by atoms with Crippen LogP contribution >= 0.6 is 0 Å². The summed E-state index contributed by atoms with van der Waals surface area (Å²) in [5.41, 5.74) is 0.737. The van der Waals surface area contributed by atoms with E-state index < -0.39 is 0 Å². The van der Waals surface area contributed by atoms with Crippen molar-refractivity contribution in [2.24, 2.45) is 0 Å². The van der Waals surface area contributed by atoms with E-state index in [0.717, 1.165) is 25.7 Å². The Labute approximate surface area is 143 Å². The minimum Gasteiger partial charge on any atom is -0.493 e. The van der Waals surface area contributed by atoms with Gasteiger partial charge >= 0.3 is 0 Å². The van der Waals surface area contributed by atoms with Gasteiger partial charge < -0.3 is 14.8 Å². The van der Waals surface area contributed by atoms with E-state index in [1.54, 1.807) is 31.4 Å². The molecule has 0 aromatic heterocycles. The number of carbonyl (C=O) groups is 1. The summed E-state index contributed by atoms with van der Waals surface area (Å²) >= 11 is 0. The number of benzene rings is 1. The first-order chi connectivity index (χ1) is 11.7. The zero-order valence-corrected chi connectivity index (χ0v) is 14.3. The highest BCUT2D eigenvalue weighted by Crippen LogP contribution is 2.32. The van der Waals surface area contributed by atoms with Crippen LogP contribution in [0.3, 0.4) is 0 Å². The fraction of sp³-hybridized carbons (Fsp3) is 0.474. The molecule has 5 nitrogen and oxygen atoms in total. The van der Waals surface area contributed by atoms with Crippen LogP contribution in [0, 0.1) is 11.3 Å². The van der Waals surface area contributed by atoms with Gasteiger partial charge in [-0.1, -0.05) is 31.4 Å². The molecule has 128 valence electrons. The fourth-order valence-corrected chi connectivity index (χ4v) is 2.92. The molecule has 2 rings (SSSR count).